The molecule has 9 heteroatoms. The smallest absolute Gasteiger partial charge is 0.415 e. The van der Waals surface area contributed by atoms with Crippen LogP contribution in [0.2, 0.25) is 0 Å². The Balaban J connectivity index is 1.89. The molecule has 0 spiro atoms. The molecule has 0 unspecified atom stereocenters. The van der Waals surface area contributed by atoms with Gasteiger partial charge in [0, 0.05) is 18.1 Å². The number of esters is 1. The van der Waals surface area contributed by atoms with Crippen molar-refractivity contribution in [1.82, 2.24) is 0 Å². The number of carbonyl (C=O) groups is 3. The monoisotopic (exact) mass is 517 g/mol. The van der Waals surface area contributed by atoms with E-state index in [9.17, 15) is 14.4 Å². The lowest BCUT2D eigenvalue weighted by atomic mass is 9.90. The van der Waals surface area contributed by atoms with Gasteiger partial charge in [0.2, 0.25) is 0 Å². The molecule has 1 heterocycles. The number of hydrogen-bond donors (Lipinski definition) is 0. The van der Waals surface area contributed by atoms with Crippen LogP contribution in [-0.4, -0.2) is 39.7 Å². The first-order valence-corrected chi connectivity index (χ1v) is 11.7. The van der Waals surface area contributed by atoms with Gasteiger partial charge in [0.05, 0.1) is 27.4 Å². The van der Waals surface area contributed by atoms with Gasteiger partial charge >= 0.3 is 12.1 Å². The van der Waals surface area contributed by atoms with Crippen LogP contribution in [-0.2, 0) is 20.9 Å². The third kappa shape index (κ3) is 5.17. The Hall–Kier alpha value is -4.79. The van der Waals surface area contributed by atoms with E-state index in [4.69, 9.17) is 23.7 Å². The van der Waals surface area contributed by atoms with Crippen molar-refractivity contribution in [3.8, 4) is 23.0 Å². The summed E-state index contributed by atoms with van der Waals surface area (Å²) in [6.45, 7) is 1.27. The topological polar surface area (TPSA) is 101 Å². The molecule has 0 N–H and O–H groups in total. The van der Waals surface area contributed by atoms with Crippen molar-refractivity contribution in [3.63, 3.8) is 0 Å². The SMILES string of the molecule is COc1ccc([C@@H]2C(C=O)=Cc3ccc(OC)c(OC)c3N2C(=O)OCc2ccccc2)cc1OC(C)=O. The second-order valence-electron chi connectivity index (χ2n) is 8.32. The Morgan fingerprint density at radius 3 is 2.24 bits per heavy atom. The van der Waals surface area contributed by atoms with E-state index in [1.165, 1.54) is 33.2 Å². The van der Waals surface area contributed by atoms with Gasteiger partial charge in [0.25, 0.3) is 0 Å². The Labute approximate surface area is 220 Å². The molecular formula is C29H27NO8. The van der Waals surface area contributed by atoms with Crippen molar-refractivity contribution in [2.45, 2.75) is 19.6 Å². The molecule has 1 amide bonds. The fourth-order valence-electron chi connectivity index (χ4n) is 4.35. The van der Waals surface area contributed by atoms with Gasteiger partial charge in [-0.15, -0.1) is 0 Å². The maximum atomic E-state index is 13.8. The fourth-order valence-corrected chi connectivity index (χ4v) is 4.35. The van der Waals surface area contributed by atoms with Crippen LogP contribution in [0.5, 0.6) is 23.0 Å². The van der Waals surface area contributed by atoms with E-state index in [-0.39, 0.29) is 17.9 Å². The van der Waals surface area contributed by atoms with E-state index in [2.05, 4.69) is 0 Å². The van der Waals surface area contributed by atoms with E-state index in [0.717, 1.165) is 5.56 Å². The van der Waals surface area contributed by atoms with Gasteiger partial charge in [-0.05, 0) is 41.5 Å². The van der Waals surface area contributed by atoms with E-state index in [1.54, 1.807) is 36.4 Å². The summed E-state index contributed by atoms with van der Waals surface area (Å²) < 4.78 is 27.5. The molecule has 0 bridgehead atoms. The first kappa shape index (κ1) is 26.3. The molecule has 3 aromatic rings. The highest BCUT2D eigenvalue weighted by atomic mass is 16.6. The van der Waals surface area contributed by atoms with Crippen LogP contribution in [0, 0.1) is 0 Å². The summed E-state index contributed by atoms with van der Waals surface area (Å²) in [6, 6.07) is 16.5. The van der Waals surface area contributed by atoms with Gasteiger partial charge in [-0.2, -0.15) is 0 Å². The third-order valence-electron chi connectivity index (χ3n) is 5.98. The summed E-state index contributed by atoms with van der Waals surface area (Å²) in [6.07, 6.45) is 1.63. The predicted octanol–water partition coefficient (Wildman–Crippen LogP) is 5.12. The molecule has 1 atom stereocenters. The van der Waals surface area contributed by atoms with Crippen LogP contribution < -0.4 is 23.8 Å². The maximum absolute atomic E-state index is 13.8. The van der Waals surface area contributed by atoms with Gasteiger partial charge < -0.3 is 23.7 Å². The summed E-state index contributed by atoms with van der Waals surface area (Å²) in [4.78, 5) is 39.2. The largest absolute Gasteiger partial charge is 0.493 e. The Morgan fingerprint density at radius 1 is 0.895 bits per heavy atom. The average Bonchev–Trinajstić information content (AvgIpc) is 2.94. The van der Waals surface area contributed by atoms with E-state index >= 15 is 0 Å². The highest BCUT2D eigenvalue weighted by Gasteiger charge is 2.39. The zero-order valence-electron chi connectivity index (χ0n) is 21.4. The zero-order valence-corrected chi connectivity index (χ0v) is 21.4. The number of ether oxygens (including phenoxy) is 5. The lowest BCUT2D eigenvalue weighted by molar-refractivity contribution is -0.132. The van der Waals surface area contributed by atoms with Crippen LogP contribution in [0.4, 0.5) is 10.5 Å². The Bertz CT molecular complexity index is 1380. The molecule has 4 rings (SSSR count). The van der Waals surface area contributed by atoms with Crippen LogP contribution in [0.15, 0.2) is 66.2 Å². The molecule has 0 saturated carbocycles. The number of benzene rings is 3. The summed E-state index contributed by atoms with van der Waals surface area (Å²) in [5.41, 5.74) is 2.48. The number of aldehydes is 1. The number of hydrogen-bond acceptors (Lipinski definition) is 8. The van der Waals surface area contributed by atoms with Gasteiger partial charge in [-0.25, -0.2) is 4.79 Å². The number of amides is 1. The minimum Gasteiger partial charge on any atom is -0.493 e. The van der Waals surface area contributed by atoms with Crippen LogP contribution >= 0.6 is 0 Å². The van der Waals surface area contributed by atoms with E-state index < -0.39 is 18.1 Å². The molecule has 0 aromatic heterocycles. The molecule has 38 heavy (non-hydrogen) atoms. The lowest BCUT2D eigenvalue weighted by Gasteiger charge is -2.37. The Morgan fingerprint density at radius 2 is 1.61 bits per heavy atom. The van der Waals surface area contributed by atoms with Crippen molar-refractivity contribution in [1.29, 1.82) is 0 Å². The van der Waals surface area contributed by atoms with Crippen molar-refractivity contribution in [3.05, 3.63) is 82.9 Å². The number of fused-ring (bicyclic) bond motifs is 1. The summed E-state index contributed by atoms with van der Waals surface area (Å²) in [7, 11) is 4.40. The van der Waals surface area contributed by atoms with Gasteiger partial charge in [-0.3, -0.25) is 14.5 Å². The van der Waals surface area contributed by atoms with Gasteiger partial charge in [0.15, 0.2) is 23.0 Å². The van der Waals surface area contributed by atoms with Crippen molar-refractivity contribution in [2.24, 2.45) is 0 Å². The molecule has 1 aliphatic rings. The van der Waals surface area contributed by atoms with Gasteiger partial charge in [-0.1, -0.05) is 36.4 Å². The molecule has 1 aliphatic heterocycles. The number of rotatable bonds is 8. The molecular weight excluding hydrogens is 490 g/mol. The average molecular weight is 518 g/mol. The van der Waals surface area contributed by atoms with E-state index in [1.807, 2.05) is 30.3 Å². The third-order valence-corrected chi connectivity index (χ3v) is 5.98. The van der Waals surface area contributed by atoms with Crippen molar-refractivity contribution >= 4 is 30.1 Å². The van der Waals surface area contributed by atoms with Crippen LogP contribution in [0.25, 0.3) is 6.08 Å². The minimum atomic E-state index is -0.940. The molecule has 0 aliphatic carbocycles. The molecule has 3 aromatic carbocycles. The molecule has 0 fully saturated rings. The Kier molecular flexibility index (Phi) is 7.96. The fraction of sp³-hybridized carbons (Fsp3) is 0.207. The highest BCUT2D eigenvalue weighted by molar-refractivity contribution is 6.02. The highest BCUT2D eigenvalue weighted by Crippen LogP contribution is 2.49. The van der Waals surface area contributed by atoms with Crippen molar-refractivity contribution < 1.29 is 38.1 Å². The van der Waals surface area contributed by atoms with Crippen molar-refractivity contribution in [2.75, 3.05) is 26.2 Å². The summed E-state index contributed by atoms with van der Waals surface area (Å²) >= 11 is 0. The molecule has 196 valence electrons. The van der Waals surface area contributed by atoms with Crippen LogP contribution in [0.3, 0.4) is 0 Å². The molecule has 0 radical (unpaired) electrons. The summed E-state index contributed by atoms with van der Waals surface area (Å²) in [5, 5.41) is 0. The number of methoxy groups -OCH3 is 3. The normalized spacial score (nSPS) is 14.1. The lowest BCUT2D eigenvalue weighted by Crippen LogP contribution is -2.39. The van der Waals surface area contributed by atoms with E-state index in [0.29, 0.717) is 40.3 Å². The first-order valence-electron chi connectivity index (χ1n) is 11.7. The second kappa shape index (κ2) is 11.5. The minimum absolute atomic E-state index is 0.00591. The zero-order chi connectivity index (χ0) is 27.2. The number of anilines is 1. The number of nitrogens with zero attached hydrogens (tertiary/aromatic N) is 1. The van der Waals surface area contributed by atoms with Crippen LogP contribution in [0.1, 0.15) is 29.7 Å². The standard InChI is InChI=1S/C29H27NO8/c1-18(32)38-25-15-21(10-12-23(25)34-2)26-22(16-31)14-20-11-13-24(35-3)28(36-4)27(20)30(26)29(33)37-17-19-8-6-5-7-9-19/h5-16,26H,17H2,1-4H3/t26-/m1/s1. The second-order valence-corrected chi connectivity index (χ2v) is 8.32. The molecule has 9 nitrogen and oxygen atoms in total. The summed E-state index contributed by atoms with van der Waals surface area (Å²) in [5.74, 6) is 0.592. The maximum Gasteiger partial charge on any atom is 0.415 e. The molecule has 0 saturated heterocycles. The first-order chi connectivity index (χ1) is 18.4. The number of carbonyl (C=O) groups excluding carboxylic acids is 3. The van der Waals surface area contributed by atoms with Gasteiger partial charge in [0.1, 0.15) is 18.6 Å². The predicted molar refractivity (Wildman–Crippen MR) is 140 cm³/mol. The quantitative estimate of drug-likeness (QED) is 0.231.